The van der Waals surface area contributed by atoms with Gasteiger partial charge in [0.15, 0.2) is 0 Å². The maximum absolute atomic E-state index is 12.2. The number of hydrogen-bond acceptors (Lipinski definition) is 3. The maximum atomic E-state index is 12.2. The Morgan fingerprint density at radius 3 is 2.48 bits per heavy atom. The molecule has 1 heterocycles. The van der Waals surface area contributed by atoms with E-state index in [4.69, 9.17) is 0 Å². The van der Waals surface area contributed by atoms with E-state index in [2.05, 4.69) is 41.5 Å². The number of aromatic hydroxyl groups is 1. The number of nitrogens with zero attached hydrogens (tertiary/aromatic N) is 1. The molecule has 0 aliphatic heterocycles. The van der Waals surface area contributed by atoms with Crippen LogP contribution in [0.5, 0.6) is 5.75 Å². The van der Waals surface area contributed by atoms with Crippen molar-refractivity contribution in [2.75, 3.05) is 0 Å². The van der Waals surface area contributed by atoms with Crippen LogP contribution >= 0.6 is 0 Å². The van der Waals surface area contributed by atoms with Crippen LogP contribution in [0.3, 0.4) is 0 Å². The molecule has 1 saturated carbocycles. The van der Waals surface area contributed by atoms with Crippen molar-refractivity contribution >= 4 is 5.91 Å². The lowest BCUT2D eigenvalue weighted by molar-refractivity contribution is -0.122. The van der Waals surface area contributed by atoms with Crippen LogP contribution in [0.2, 0.25) is 0 Å². The van der Waals surface area contributed by atoms with Crippen LogP contribution < -0.4 is 5.32 Å². The van der Waals surface area contributed by atoms with Crippen molar-refractivity contribution in [1.29, 1.82) is 0 Å². The third kappa shape index (κ3) is 5.05. The van der Waals surface area contributed by atoms with E-state index in [-0.39, 0.29) is 17.7 Å². The summed E-state index contributed by atoms with van der Waals surface area (Å²) in [6, 6.07) is 12.2. The second-order valence-electron chi connectivity index (χ2n) is 7.04. The predicted molar refractivity (Wildman–Crippen MR) is 98.5 cm³/mol. The number of aryl methyl sites for hydroxylation is 2. The van der Waals surface area contributed by atoms with Gasteiger partial charge in [0.1, 0.15) is 5.75 Å². The Morgan fingerprint density at radius 2 is 1.84 bits per heavy atom. The van der Waals surface area contributed by atoms with Crippen molar-refractivity contribution in [3.63, 3.8) is 0 Å². The zero-order valence-corrected chi connectivity index (χ0v) is 14.7. The van der Waals surface area contributed by atoms with E-state index >= 15 is 0 Å². The molecular weight excluding hydrogens is 312 g/mol. The van der Waals surface area contributed by atoms with Crippen LogP contribution in [-0.2, 0) is 11.2 Å². The van der Waals surface area contributed by atoms with Crippen molar-refractivity contribution in [2.45, 2.75) is 57.4 Å². The average Bonchev–Trinajstić information content (AvgIpc) is 2.63. The number of carbonyl (C=O) groups is 1. The average molecular weight is 338 g/mol. The Labute approximate surface area is 149 Å². The molecule has 1 aliphatic rings. The van der Waals surface area contributed by atoms with E-state index in [9.17, 15) is 9.90 Å². The van der Waals surface area contributed by atoms with Crippen molar-refractivity contribution in [2.24, 2.45) is 0 Å². The lowest BCUT2D eigenvalue weighted by atomic mass is 9.84. The van der Waals surface area contributed by atoms with Gasteiger partial charge >= 0.3 is 0 Å². The molecule has 1 fully saturated rings. The van der Waals surface area contributed by atoms with Gasteiger partial charge in [-0.2, -0.15) is 0 Å². The summed E-state index contributed by atoms with van der Waals surface area (Å²) in [5.74, 6) is 0.784. The quantitative estimate of drug-likeness (QED) is 0.870. The van der Waals surface area contributed by atoms with E-state index < -0.39 is 0 Å². The van der Waals surface area contributed by atoms with Crippen LogP contribution in [0.15, 0.2) is 42.6 Å². The predicted octanol–water partition coefficient (Wildman–Crippen LogP) is 3.87. The van der Waals surface area contributed by atoms with Gasteiger partial charge in [-0.15, -0.1) is 0 Å². The number of pyridine rings is 1. The molecule has 2 aromatic rings. The Hall–Kier alpha value is -2.36. The normalized spacial score (nSPS) is 20.2. The monoisotopic (exact) mass is 338 g/mol. The minimum Gasteiger partial charge on any atom is -0.506 e. The van der Waals surface area contributed by atoms with E-state index in [1.54, 1.807) is 6.07 Å². The molecule has 0 spiro atoms. The Balaban J connectivity index is 1.41. The molecule has 0 atom stereocenters. The Kier molecular flexibility index (Phi) is 5.69. The minimum atomic E-state index is 0.145. The van der Waals surface area contributed by atoms with Crippen molar-refractivity contribution in [3.05, 3.63) is 59.4 Å². The van der Waals surface area contributed by atoms with E-state index in [0.717, 1.165) is 37.8 Å². The second-order valence-corrected chi connectivity index (χ2v) is 7.04. The lowest BCUT2D eigenvalue weighted by Crippen LogP contribution is -2.37. The first-order valence-corrected chi connectivity index (χ1v) is 9.10. The molecule has 4 nitrogen and oxygen atoms in total. The molecule has 1 aromatic heterocycles. The van der Waals surface area contributed by atoms with Crippen molar-refractivity contribution < 1.29 is 9.90 Å². The Morgan fingerprint density at radius 1 is 1.12 bits per heavy atom. The lowest BCUT2D eigenvalue weighted by Gasteiger charge is -2.28. The molecule has 1 aromatic carbocycles. The minimum absolute atomic E-state index is 0.145. The number of amides is 1. The largest absolute Gasteiger partial charge is 0.506 e. The second kappa shape index (κ2) is 8.15. The van der Waals surface area contributed by atoms with Crippen LogP contribution in [0.1, 0.15) is 54.8 Å². The van der Waals surface area contributed by atoms with Crippen molar-refractivity contribution in [3.8, 4) is 5.75 Å². The van der Waals surface area contributed by atoms with E-state index in [1.165, 1.54) is 17.3 Å². The molecule has 3 rings (SSSR count). The van der Waals surface area contributed by atoms with Gasteiger partial charge in [-0.1, -0.05) is 29.8 Å². The molecule has 132 valence electrons. The number of carbonyl (C=O) groups excluding carboxylic acids is 1. The summed E-state index contributed by atoms with van der Waals surface area (Å²) in [7, 11) is 0. The standard InChI is InChI=1S/C21H26N2O2/c1-15-2-4-16(5-3-15)6-13-21(25)23-18-9-7-17(8-10-18)20-12-11-19(24)14-22-20/h2-5,11-12,14,17-18,24H,6-10,13H2,1H3,(H,23,25). The third-order valence-corrected chi connectivity index (χ3v) is 5.04. The number of hydrogen-bond donors (Lipinski definition) is 2. The maximum Gasteiger partial charge on any atom is 0.220 e. The first-order chi connectivity index (χ1) is 12.1. The van der Waals surface area contributed by atoms with Crippen molar-refractivity contribution in [1.82, 2.24) is 10.3 Å². The van der Waals surface area contributed by atoms with E-state index in [0.29, 0.717) is 12.3 Å². The summed E-state index contributed by atoms with van der Waals surface area (Å²) in [4.78, 5) is 16.5. The van der Waals surface area contributed by atoms with Gasteiger partial charge in [0.2, 0.25) is 5.91 Å². The molecule has 1 amide bonds. The Bertz CT molecular complexity index is 687. The fourth-order valence-electron chi connectivity index (χ4n) is 3.48. The number of benzene rings is 1. The van der Waals surface area contributed by atoms with Crippen LogP contribution in [0.25, 0.3) is 0 Å². The summed E-state index contributed by atoms with van der Waals surface area (Å²) in [6.07, 6.45) is 6.88. The highest BCUT2D eigenvalue weighted by Crippen LogP contribution is 2.32. The zero-order valence-electron chi connectivity index (χ0n) is 14.7. The molecule has 0 bridgehead atoms. The fourth-order valence-corrected chi connectivity index (χ4v) is 3.48. The summed E-state index contributed by atoms with van der Waals surface area (Å²) in [5.41, 5.74) is 3.50. The third-order valence-electron chi connectivity index (χ3n) is 5.04. The van der Waals surface area contributed by atoms with Gasteiger partial charge in [0, 0.05) is 24.1 Å². The fraction of sp³-hybridized carbons (Fsp3) is 0.429. The molecule has 0 saturated heterocycles. The summed E-state index contributed by atoms with van der Waals surface area (Å²) >= 11 is 0. The highest BCUT2D eigenvalue weighted by Gasteiger charge is 2.24. The molecule has 0 radical (unpaired) electrons. The summed E-state index contributed by atoms with van der Waals surface area (Å²) < 4.78 is 0. The van der Waals surface area contributed by atoms with Crippen LogP contribution in [0.4, 0.5) is 0 Å². The van der Waals surface area contributed by atoms with Gasteiger partial charge in [-0.05, 0) is 56.7 Å². The molecule has 0 unspecified atom stereocenters. The zero-order chi connectivity index (χ0) is 17.6. The molecule has 2 N–H and O–H groups in total. The van der Waals surface area contributed by atoms with Gasteiger partial charge in [-0.25, -0.2) is 0 Å². The topological polar surface area (TPSA) is 62.2 Å². The highest BCUT2D eigenvalue weighted by atomic mass is 16.3. The van der Waals surface area contributed by atoms with Crippen LogP contribution in [-0.4, -0.2) is 22.0 Å². The van der Waals surface area contributed by atoms with E-state index in [1.807, 2.05) is 6.07 Å². The molecule has 1 aliphatic carbocycles. The summed E-state index contributed by atoms with van der Waals surface area (Å²) in [5, 5.41) is 12.5. The SMILES string of the molecule is Cc1ccc(CCC(=O)NC2CCC(c3ccc(O)cn3)CC2)cc1. The number of rotatable bonds is 5. The molecular formula is C21H26N2O2. The number of nitrogens with one attached hydrogen (secondary N) is 1. The van der Waals surface area contributed by atoms with Gasteiger partial charge in [-0.3, -0.25) is 9.78 Å². The highest BCUT2D eigenvalue weighted by molar-refractivity contribution is 5.76. The summed E-state index contributed by atoms with van der Waals surface area (Å²) in [6.45, 7) is 2.07. The molecule has 4 heteroatoms. The van der Waals surface area contributed by atoms with Crippen LogP contribution in [0, 0.1) is 6.92 Å². The smallest absolute Gasteiger partial charge is 0.220 e. The molecule has 25 heavy (non-hydrogen) atoms. The van der Waals surface area contributed by atoms with Gasteiger partial charge < -0.3 is 10.4 Å². The number of aromatic nitrogens is 1. The van der Waals surface area contributed by atoms with Gasteiger partial charge in [0.05, 0.1) is 6.20 Å². The first kappa shape index (κ1) is 17.5. The van der Waals surface area contributed by atoms with Gasteiger partial charge in [0.25, 0.3) is 0 Å². The first-order valence-electron chi connectivity index (χ1n) is 9.10.